The van der Waals surface area contributed by atoms with Crippen molar-refractivity contribution in [2.45, 2.75) is 33.2 Å². The average Bonchev–Trinajstić information content (AvgIpc) is 2.28. The van der Waals surface area contributed by atoms with Crippen LogP contribution in [0.1, 0.15) is 38.2 Å². The van der Waals surface area contributed by atoms with Crippen molar-refractivity contribution in [3.05, 3.63) is 24.3 Å². The fourth-order valence-corrected chi connectivity index (χ4v) is 0.890. The van der Waals surface area contributed by atoms with Gasteiger partial charge < -0.3 is 10.0 Å². The lowest BCUT2D eigenvalue weighted by atomic mass is 10.1. The Balaban J connectivity index is 0.000000321. The lowest BCUT2D eigenvalue weighted by molar-refractivity contribution is -0.131. The predicted octanol–water partition coefficient (Wildman–Crippen LogP) is 1.44. The fourth-order valence-electron chi connectivity index (χ4n) is 0.890. The topological polar surface area (TPSA) is 83.4 Å². The smallest absolute Gasteiger partial charge is 0.354 e. The van der Waals surface area contributed by atoms with Crippen LogP contribution in [-0.4, -0.2) is 44.4 Å². The van der Waals surface area contributed by atoms with Crippen molar-refractivity contribution >= 4 is 11.9 Å². The summed E-state index contributed by atoms with van der Waals surface area (Å²) in [6, 6.07) is 1.34. The third-order valence-electron chi connectivity index (χ3n) is 2.28. The number of carboxylic acid groups (broad SMARTS) is 1. The summed E-state index contributed by atoms with van der Waals surface area (Å²) in [5, 5.41) is 8.29. The Morgan fingerprint density at radius 1 is 1.33 bits per heavy atom. The maximum atomic E-state index is 10.7. The minimum absolute atomic E-state index is 0.0185. The normalized spacial score (nSPS) is 10.1. The molecule has 0 aliphatic heterocycles. The molecule has 0 spiro atoms. The number of aromatic carboxylic acids is 1. The molecule has 0 fully saturated rings. The number of hydrogen-bond donors (Lipinski definition) is 1. The Hall–Kier alpha value is -1.98. The van der Waals surface area contributed by atoms with Crippen LogP contribution >= 0.6 is 0 Å². The zero-order valence-corrected chi connectivity index (χ0v) is 11.3. The van der Waals surface area contributed by atoms with E-state index in [4.69, 9.17) is 5.11 Å². The van der Waals surface area contributed by atoms with Gasteiger partial charge in [0, 0.05) is 25.7 Å². The molecule has 1 aromatic rings. The van der Waals surface area contributed by atoms with E-state index in [1.54, 1.807) is 11.8 Å². The Labute approximate surface area is 107 Å². The van der Waals surface area contributed by atoms with Gasteiger partial charge in [-0.05, 0) is 26.8 Å². The van der Waals surface area contributed by atoms with Crippen molar-refractivity contribution in [2.24, 2.45) is 0 Å². The standard InChI is InChI=1S/C7H15NO.C5H4N2O2/c1-6(9)8(5)7(2,3)4;8-5(9)4-1-2-6-3-7-4/h1-5H3;1-3H,(H,8,9). The molecular weight excluding hydrogens is 234 g/mol. The van der Waals surface area contributed by atoms with Crippen LogP contribution in [0.4, 0.5) is 0 Å². The van der Waals surface area contributed by atoms with Gasteiger partial charge in [-0.3, -0.25) is 4.79 Å². The van der Waals surface area contributed by atoms with Crippen LogP contribution in [0.2, 0.25) is 0 Å². The van der Waals surface area contributed by atoms with Crippen molar-refractivity contribution < 1.29 is 14.7 Å². The largest absolute Gasteiger partial charge is 0.477 e. The van der Waals surface area contributed by atoms with Gasteiger partial charge in [0.25, 0.3) is 0 Å². The molecule has 6 heteroatoms. The number of rotatable bonds is 1. The third-order valence-corrected chi connectivity index (χ3v) is 2.28. The van der Waals surface area contributed by atoms with E-state index in [0.717, 1.165) is 0 Å². The molecule has 0 saturated heterocycles. The van der Waals surface area contributed by atoms with E-state index in [9.17, 15) is 9.59 Å². The molecule has 1 amide bonds. The second kappa shape index (κ2) is 6.68. The van der Waals surface area contributed by atoms with Gasteiger partial charge in [-0.2, -0.15) is 0 Å². The molecule has 0 aliphatic rings. The Morgan fingerprint density at radius 2 is 1.89 bits per heavy atom. The number of amides is 1. The van der Waals surface area contributed by atoms with Gasteiger partial charge in [0.15, 0.2) is 5.69 Å². The molecule has 1 N–H and O–H groups in total. The molecule has 0 aliphatic carbocycles. The van der Waals surface area contributed by atoms with Gasteiger partial charge in [-0.25, -0.2) is 14.8 Å². The Kier molecular flexibility index (Phi) is 5.95. The first kappa shape index (κ1) is 16.0. The van der Waals surface area contributed by atoms with Crippen LogP contribution in [0.5, 0.6) is 0 Å². The predicted molar refractivity (Wildman–Crippen MR) is 67.2 cm³/mol. The number of carbonyl (C=O) groups excluding carboxylic acids is 1. The van der Waals surface area contributed by atoms with Crippen LogP contribution in [-0.2, 0) is 4.79 Å². The van der Waals surface area contributed by atoms with Gasteiger partial charge in [-0.1, -0.05) is 0 Å². The monoisotopic (exact) mass is 253 g/mol. The summed E-state index contributed by atoms with van der Waals surface area (Å²) in [5.74, 6) is -0.917. The number of aromatic nitrogens is 2. The first-order chi connectivity index (χ1) is 8.16. The summed E-state index contributed by atoms with van der Waals surface area (Å²) in [6.07, 6.45) is 2.58. The van der Waals surface area contributed by atoms with Crippen molar-refractivity contribution in [3.63, 3.8) is 0 Å². The molecule has 18 heavy (non-hydrogen) atoms. The maximum Gasteiger partial charge on any atom is 0.354 e. The van der Waals surface area contributed by atoms with E-state index in [-0.39, 0.29) is 17.1 Å². The summed E-state index contributed by atoms with van der Waals surface area (Å²) in [7, 11) is 1.81. The molecule has 0 bridgehead atoms. The third kappa shape index (κ3) is 5.93. The molecule has 0 saturated carbocycles. The zero-order valence-electron chi connectivity index (χ0n) is 11.3. The molecule has 0 aromatic carbocycles. The molecule has 0 unspecified atom stereocenters. The zero-order chi connectivity index (χ0) is 14.3. The van der Waals surface area contributed by atoms with Gasteiger partial charge in [0.2, 0.25) is 5.91 Å². The minimum Gasteiger partial charge on any atom is -0.477 e. The summed E-state index contributed by atoms with van der Waals surface area (Å²) in [5.41, 5.74) is -0.0174. The highest BCUT2D eigenvalue weighted by Crippen LogP contribution is 2.09. The first-order valence-electron chi connectivity index (χ1n) is 5.40. The highest BCUT2D eigenvalue weighted by molar-refractivity contribution is 5.84. The molecule has 0 radical (unpaired) electrons. The quantitative estimate of drug-likeness (QED) is 0.818. The Bertz CT molecular complexity index is 399. The lowest BCUT2D eigenvalue weighted by Gasteiger charge is -2.30. The summed E-state index contributed by atoms with van der Waals surface area (Å²) >= 11 is 0. The van der Waals surface area contributed by atoms with E-state index >= 15 is 0 Å². The average molecular weight is 253 g/mol. The number of hydrogen-bond acceptors (Lipinski definition) is 4. The molecule has 1 rings (SSSR count). The van der Waals surface area contributed by atoms with E-state index in [1.165, 1.54) is 18.6 Å². The number of carboxylic acids is 1. The van der Waals surface area contributed by atoms with Crippen LogP contribution in [0.15, 0.2) is 18.6 Å². The van der Waals surface area contributed by atoms with Gasteiger partial charge in [0.05, 0.1) is 0 Å². The van der Waals surface area contributed by atoms with Crippen LogP contribution in [0.25, 0.3) is 0 Å². The van der Waals surface area contributed by atoms with E-state index in [1.807, 2.05) is 27.8 Å². The molecule has 6 nitrogen and oxygen atoms in total. The fraction of sp³-hybridized carbons (Fsp3) is 0.500. The van der Waals surface area contributed by atoms with E-state index in [0.29, 0.717) is 0 Å². The number of nitrogens with zero attached hydrogens (tertiary/aromatic N) is 3. The maximum absolute atomic E-state index is 10.7. The molecular formula is C12H19N3O3. The van der Waals surface area contributed by atoms with E-state index in [2.05, 4.69) is 9.97 Å². The second-order valence-corrected chi connectivity index (χ2v) is 4.65. The van der Waals surface area contributed by atoms with Crippen LogP contribution < -0.4 is 0 Å². The Morgan fingerprint density at radius 3 is 2.06 bits per heavy atom. The highest BCUT2D eigenvalue weighted by Gasteiger charge is 2.18. The lowest BCUT2D eigenvalue weighted by Crippen LogP contribution is -2.41. The second-order valence-electron chi connectivity index (χ2n) is 4.65. The molecule has 1 heterocycles. The minimum atomic E-state index is -1.03. The van der Waals surface area contributed by atoms with Crippen LogP contribution in [0, 0.1) is 0 Å². The molecule has 100 valence electrons. The molecule has 0 atom stereocenters. The van der Waals surface area contributed by atoms with Crippen molar-refractivity contribution in [1.82, 2.24) is 14.9 Å². The van der Waals surface area contributed by atoms with Crippen molar-refractivity contribution in [3.8, 4) is 0 Å². The van der Waals surface area contributed by atoms with Crippen molar-refractivity contribution in [2.75, 3.05) is 7.05 Å². The summed E-state index contributed by atoms with van der Waals surface area (Å²) in [4.78, 5) is 29.6. The SMILES string of the molecule is CC(=O)N(C)C(C)(C)C.O=C(O)c1ccncn1. The van der Waals surface area contributed by atoms with Crippen LogP contribution in [0.3, 0.4) is 0 Å². The number of carbonyl (C=O) groups is 2. The van der Waals surface area contributed by atoms with Crippen molar-refractivity contribution in [1.29, 1.82) is 0 Å². The highest BCUT2D eigenvalue weighted by atomic mass is 16.4. The molecule has 1 aromatic heterocycles. The van der Waals surface area contributed by atoms with E-state index < -0.39 is 5.97 Å². The van der Waals surface area contributed by atoms with Gasteiger partial charge in [-0.15, -0.1) is 0 Å². The summed E-state index contributed by atoms with van der Waals surface area (Å²) in [6.45, 7) is 7.60. The first-order valence-corrected chi connectivity index (χ1v) is 5.40. The van der Waals surface area contributed by atoms with Gasteiger partial charge >= 0.3 is 5.97 Å². The summed E-state index contributed by atoms with van der Waals surface area (Å²) < 4.78 is 0. The van der Waals surface area contributed by atoms with Gasteiger partial charge in [0.1, 0.15) is 6.33 Å².